The molecule has 0 bridgehead atoms. The molecule has 0 atom stereocenters. The van der Waals surface area contributed by atoms with E-state index in [1.807, 2.05) is 4.90 Å². The van der Waals surface area contributed by atoms with E-state index >= 15 is 0 Å². The predicted octanol–water partition coefficient (Wildman–Crippen LogP) is 3.26. The van der Waals surface area contributed by atoms with Gasteiger partial charge in [-0.05, 0) is 42.0 Å². The molecule has 0 aromatic heterocycles. The molecule has 1 aliphatic rings. The molecule has 0 saturated carbocycles. The quantitative estimate of drug-likeness (QED) is 0.750. The lowest BCUT2D eigenvalue weighted by molar-refractivity contribution is -0.138. The van der Waals surface area contributed by atoms with Crippen LogP contribution >= 0.6 is 0 Å². The molecule has 0 radical (unpaired) electrons. The van der Waals surface area contributed by atoms with Crippen molar-refractivity contribution in [3.05, 3.63) is 64.7 Å². The van der Waals surface area contributed by atoms with Gasteiger partial charge in [-0.15, -0.1) is 0 Å². The predicted molar refractivity (Wildman–Crippen MR) is 103 cm³/mol. The van der Waals surface area contributed by atoms with Crippen LogP contribution in [-0.2, 0) is 22.2 Å². The number of anilines is 1. The van der Waals surface area contributed by atoms with Crippen LogP contribution in [0, 0.1) is 0 Å². The highest BCUT2D eigenvalue weighted by Crippen LogP contribution is 2.35. The van der Waals surface area contributed by atoms with E-state index in [1.165, 1.54) is 37.4 Å². The Morgan fingerprint density at radius 3 is 2.30 bits per heavy atom. The Labute approximate surface area is 171 Å². The summed E-state index contributed by atoms with van der Waals surface area (Å²) in [6, 6.07) is 9.76. The van der Waals surface area contributed by atoms with Gasteiger partial charge in [0.15, 0.2) is 0 Å². The van der Waals surface area contributed by atoms with Crippen LogP contribution in [0.15, 0.2) is 42.5 Å². The van der Waals surface area contributed by atoms with Crippen LogP contribution < -0.4 is 10.2 Å². The molecule has 1 N–H and O–H groups in total. The number of morpholine rings is 1. The van der Waals surface area contributed by atoms with Gasteiger partial charge in [0.05, 0.1) is 31.5 Å². The van der Waals surface area contributed by atoms with Crippen LogP contribution in [-0.4, -0.2) is 45.3 Å². The maximum atomic E-state index is 13.6. The summed E-state index contributed by atoms with van der Waals surface area (Å²) in [5.74, 6) is -1.09. The lowest BCUT2D eigenvalue weighted by atomic mass is 10.0. The van der Waals surface area contributed by atoms with Crippen LogP contribution in [0.5, 0.6) is 0 Å². The zero-order chi connectivity index (χ0) is 21.7. The number of hydrogen-bond donors (Lipinski definition) is 1. The molecular weight excluding hydrogens is 401 g/mol. The van der Waals surface area contributed by atoms with Crippen molar-refractivity contribution in [3.8, 4) is 0 Å². The number of rotatable bonds is 5. The molecule has 0 aliphatic carbocycles. The number of methoxy groups -OCH3 is 1. The van der Waals surface area contributed by atoms with Crippen LogP contribution in [0.2, 0.25) is 0 Å². The molecule has 1 fully saturated rings. The smallest absolute Gasteiger partial charge is 0.416 e. The Balaban J connectivity index is 1.73. The van der Waals surface area contributed by atoms with Crippen LogP contribution in [0.25, 0.3) is 0 Å². The zero-order valence-electron chi connectivity index (χ0n) is 16.3. The summed E-state index contributed by atoms with van der Waals surface area (Å²) >= 11 is 0. The number of ether oxygens (including phenoxy) is 2. The normalized spacial score (nSPS) is 14.3. The zero-order valence-corrected chi connectivity index (χ0v) is 16.3. The van der Waals surface area contributed by atoms with Gasteiger partial charge in [-0.2, -0.15) is 13.2 Å². The SMILES string of the molecule is COC(=O)c1ccc(C(=O)NCc2ccc(N3CCOCC3)cc2C(F)(F)F)cc1. The third-order valence-electron chi connectivity index (χ3n) is 4.78. The van der Waals surface area contributed by atoms with Crippen molar-refractivity contribution in [3.63, 3.8) is 0 Å². The number of hydrogen-bond acceptors (Lipinski definition) is 5. The first-order chi connectivity index (χ1) is 14.3. The monoisotopic (exact) mass is 422 g/mol. The van der Waals surface area contributed by atoms with Crippen molar-refractivity contribution in [2.24, 2.45) is 0 Å². The second kappa shape index (κ2) is 9.17. The minimum absolute atomic E-state index is 0.0287. The van der Waals surface area contributed by atoms with Gasteiger partial charge >= 0.3 is 12.1 Å². The van der Waals surface area contributed by atoms with E-state index in [0.717, 1.165) is 6.07 Å². The molecule has 1 amide bonds. The van der Waals surface area contributed by atoms with Gasteiger partial charge in [0, 0.05) is 30.9 Å². The van der Waals surface area contributed by atoms with Crippen molar-refractivity contribution in [1.29, 1.82) is 0 Å². The van der Waals surface area contributed by atoms with Gasteiger partial charge < -0.3 is 19.7 Å². The van der Waals surface area contributed by atoms with Crippen LogP contribution in [0.1, 0.15) is 31.8 Å². The fourth-order valence-electron chi connectivity index (χ4n) is 3.15. The van der Waals surface area contributed by atoms with Gasteiger partial charge in [-0.3, -0.25) is 4.79 Å². The van der Waals surface area contributed by atoms with Crippen molar-refractivity contribution in [2.45, 2.75) is 12.7 Å². The minimum Gasteiger partial charge on any atom is -0.465 e. The van der Waals surface area contributed by atoms with E-state index in [9.17, 15) is 22.8 Å². The lowest BCUT2D eigenvalue weighted by Gasteiger charge is -2.29. The van der Waals surface area contributed by atoms with E-state index in [1.54, 1.807) is 6.07 Å². The summed E-state index contributed by atoms with van der Waals surface area (Å²) in [6.45, 7) is 1.70. The van der Waals surface area contributed by atoms with Crippen molar-refractivity contribution >= 4 is 17.6 Å². The number of benzene rings is 2. The van der Waals surface area contributed by atoms with E-state index in [2.05, 4.69) is 10.1 Å². The third kappa shape index (κ3) is 5.10. The first kappa shape index (κ1) is 21.6. The maximum Gasteiger partial charge on any atom is 0.416 e. The standard InChI is InChI=1S/C21H21F3N2O4/c1-29-20(28)15-4-2-14(3-5-15)19(27)25-13-16-6-7-17(12-18(16)21(22,23)24)26-8-10-30-11-9-26/h2-7,12H,8-11,13H2,1H3,(H,25,27). The second-order valence-corrected chi connectivity index (χ2v) is 6.69. The number of alkyl halides is 3. The minimum atomic E-state index is -4.55. The van der Waals surface area contributed by atoms with Gasteiger partial charge in [0.1, 0.15) is 0 Å². The van der Waals surface area contributed by atoms with E-state index in [-0.39, 0.29) is 23.2 Å². The molecule has 1 saturated heterocycles. The molecule has 160 valence electrons. The van der Waals surface area contributed by atoms with Crippen molar-refractivity contribution in [2.75, 3.05) is 38.3 Å². The first-order valence-corrected chi connectivity index (χ1v) is 9.29. The Kier molecular flexibility index (Phi) is 6.61. The number of halogens is 3. The summed E-state index contributed by atoms with van der Waals surface area (Å²) in [6.07, 6.45) is -4.55. The molecule has 9 heteroatoms. The lowest BCUT2D eigenvalue weighted by Crippen LogP contribution is -2.36. The van der Waals surface area contributed by atoms with Gasteiger partial charge in [-0.25, -0.2) is 4.79 Å². The molecule has 6 nitrogen and oxygen atoms in total. The average Bonchev–Trinajstić information content (AvgIpc) is 2.77. The number of nitrogens with one attached hydrogen (secondary N) is 1. The maximum absolute atomic E-state index is 13.6. The van der Waals surface area contributed by atoms with E-state index in [0.29, 0.717) is 32.0 Å². The highest BCUT2D eigenvalue weighted by molar-refractivity contribution is 5.96. The molecule has 0 spiro atoms. The topological polar surface area (TPSA) is 67.9 Å². The van der Waals surface area contributed by atoms with Gasteiger partial charge in [-0.1, -0.05) is 6.07 Å². The summed E-state index contributed by atoms with van der Waals surface area (Å²) < 4.78 is 50.6. The van der Waals surface area contributed by atoms with Gasteiger partial charge in [0.25, 0.3) is 5.91 Å². The van der Waals surface area contributed by atoms with Gasteiger partial charge in [0.2, 0.25) is 0 Å². The number of carbonyl (C=O) groups excluding carboxylic acids is 2. The van der Waals surface area contributed by atoms with Crippen molar-refractivity contribution < 1.29 is 32.2 Å². The Bertz CT molecular complexity index is 907. The van der Waals surface area contributed by atoms with E-state index in [4.69, 9.17) is 4.74 Å². The van der Waals surface area contributed by atoms with Crippen LogP contribution in [0.3, 0.4) is 0 Å². The summed E-state index contributed by atoms with van der Waals surface area (Å²) in [7, 11) is 1.24. The largest absolute Gasteiger partial charge is 0.465 e. The molecule has 3 rings (SSSR count). The highest BCUT2D eigenvalue weighted by atomic mass is 19.4. The third-order valence-corrected chi connectivity index (χ3v) is 4.78. The molecule has 0 unspecified atom stereocenters. The highest BCUT2D eigenvalue weighted by Gasteiger charge is 2.34. The number of nitrogens with zero attached hydrogens (tertiary/aromatic N) is 1. The molecule has 2 aromatic rings. The summed E-state index contributed by atoms with van der Waals surface area (Å²) in [5.41, 5.74) is 0.152. The van der Waals surface area contributed by atoms with Crippen LogP contribution in [0.4, 0.5) is 18.9 Å². The first-order valence-electron chi connectivity index (χ1n) is 9.29. The molecule has 30 heavy (non-hydrogen) atoms. The second-order valence-electron chi connectivity index (χ2n) is 6.69. The van der Waals surface area contributed by atoms with E-state index < -0.39 is 23.6 Å². The molecule has 2 aromatic carbocycles. The fraction of sp³-hybridized carbons (Fsp3) is 0.333. The number of carbonyl (C=O) groups is 2. The Morgan fingerprint density at radius 2 is 1.70 bits per heavy atom. The molecule has 1 heterocycles. The number of esters is 1. The summed E-state index contributed by atoms with van der Waals surface area (Å²) in [5, 5.41) is 2.50. The Hall–Kier alpha value is -3.07. The Morgan fingerprint density at radius 1 is 1.07 bits per heavy atom. The molecular formula is C21H21F3N2O4. The summed E-state index contributed by atoms with van der Waals surface area (Å²) in [4.78, 5) is 25.6. The number of amides is 1. The molecule has 1 aliphatic heterocycles. The van der Waals surface area contributed by atoms with Crippen molar-refractivity contribution in [1.82, 2.24) is 5.32 Å². The average molecular weight is 422 g/mol. The fourth-order valence-corrected chi connectivity index (χ4v) is 3.15.